The minimum Gasteiger partial charge on any atom is -0.394 e. The van der Waals surface area contributed by atoms with Crippen molar-refractivity contribution in [2.45, 2.75) is 196 Å². The van der Waals surface area contributed by atoms with E-state index in [1.54, 1.807) is 0 Å². The molecule has 16 nitrogen and oxygen atoms in total. The van der Waals surface area contributed by atoms with Gasteiger partial charge in [0.15, 0.2) is 24.7 Å². The highest BCUT2D eigenvalue weighted by Gasteiger charge is 2.69. The summed E-state index contributed by atoms with van der Waals surface area (Å²) in [7, 11) is 0. The molecule has 1 spiro atoms. The van der Waals surface area contributed by atoms with Crippen molar-refractivity contribution in [2.24, 2.45) is 46.3 Å². The molecule has 8 N–H and O–H groups in total. The van der Waals surface area contributed by atoms with Gasteiger partial charge in [-0.15, -0.1) is 0 Å². The molecule has 9 rings (SSSR count). The lowest BCUT2D eigenvalue weighted by Gasteiger charge is -2.59. The zero-order chi connectivity index (χ0) is 42.6. The van der Waals surface area contributed by atoms with Crippen molar-refractivity contribution < 1.29 is 78.7 Å². The number of aliphatic hydroxyl groups is 8. The van der Waals surface area contributed by atoms with Crippen molar-refractivity contribution in [1.82, 2.24) is 0 Å². The van der Waals surface area contributed by atoms with E-state index in [0.717, 1.165) is 45.1 Å². The van der Waals surface area contributed by atoms with E-state index in [-0.39, 0.29) is 29.6 Å². The zero-order valence-electron chi connectivity index (χ0n) is 35.6. The highest BCUT2D eigenvalue weighted by atomic mass is 16.8. The summed E-state index contributed by atoms with van der Waals surface area (Å²) in [5, 5.41) is 85.1. The lowest BCUT2D eigenvalue weighted by Crippen LogP contribution is -2.66. The monoisotopic (exact) mass is 854 g/mol. The zero-order valence-corrected chi connectivity index (χ0v) is 35.6. The van der Waals surface area contributed by atoms with Gasteiger partial charge in [-0.3, -0.25) is 0 Å². The summed E-state index contributed by atoms with van der Waals surface area (Å²) in [5.41, 5.74) is 1.52. The Morgan fingerprint density at radius 2 is 1.48 bits per heavy atom. The van der Waals surface area contributed by atoms with Gasteiger partial charge in [0.05, 0.1) is 38.1 Å². The van der Waals surface area contributed by atoms with Crippen molar-refractivity contribution >= 4 is 0 Å². The second-order valence-electron chi connectivity index (χ2n) is 20.6. The molecule has 60 heavy (non-hydrogen) atoms. The van der Waals surface area contributed by atoms with E-state index in [4.69, 9.17) is 37.9 Å². The highest BCUT2D eigenvalue weighted by Crippen LogP contribution is 2.70. The molecule has 342 valence electrons. The third-order valence-corrected chi connectivity index (χ3v) is 17.3. The van der Waals surface area contributed by atoms with Gasteiger partial charge in [-0.25, -0.2) is 0 Å². The SMILES string of the molecule is C[C@H]1CC[C@@]2(OC1)O[C@H]1C[C@H]3[C@@H]4CC=C5C[C@@H](O[C@@H]6O[C@H](CO)[C@@H](O)[C@H](O[C@@H]7OC[C@@H](O)[C@H](O)[C@H]7O)[C@H]6O[C@@H]6O[C@@H](C)[C@H](O)[C@@H](O)[C@H]6O)CC[C@]5(C)[C@H]4CC[C@]3(C)C1[C@@H]2C. The van der Waals surface area contributed by atoms with Crippen molar-refractivity contribution in [3.63, 3.8) is 0 Å². The number of hydrogen-bond donors (Lipinski definition) is 8. The summed E-state index contributed by atoms with van der Waals surface area (Å²) in [6, 6.07) is 0. The second-order valence-corrected chi connectivity index (χ2v) is 20.6. The highest BCUT2D eigenvalue weighted by molar-refractivity contribution is 5.26. The summed E-state index contributed by atoms with van der Waals surface area (Å²) in [5.74, 6) is 2.62. The largest absolute Gasteiger partial charge is 0.394 e. The summed E-state index contributed by atoms with van der Waals surface area (Å²) < 4.78 is 50.1. The number of hydrogen-bond acceptors (Lipinski definition) is 16. The third-order valence-electron chi connectivity index (χ3n) is 17.3. The van der Waals surface area contributed by atoms with Crippen LogP contribution in [0.3, 0.4) is 0 Å². The molecular weight excluding hydrogens is 784 g/mol. The molecule has 8 fully saturated rings. The Hall–Kier alpha value is -0.900. The molecule has 0 aromatic rings. The Morgan fingerprint density at radius 3 is 2.22 bits per heavy atom. The van der Waals surface area contributed by atoms with Crippen LogP contribution in [0, 0.1) is 46.3 Å². The topological polar surface area (TPSA) is 236 Å². The first-order chi connectivity index (χ1) is 28.5. The van der Waals surface area contributed by atoms with Crippen LogP contribution in [0.4, 0.5) is 0 Å². The molecule has 0 radical (unpaired) electrons. The van der Waals surface area contributed by atoms with Crippen molar-refractivity contribution in [2.75, 3.05) is 19.8 Å². The minimum absolute atomic E-state index is 0.0239. The van der Waals surface area contributed by atoms with Crippen LogP contribution in [-0.4, -0.2) is 165 Å². The summed E-state index contributed by atoms with van der Waals surface area (Å²) >= 11 is 0. The third kappa shape index (κ3) is 7.19. The van der Waals surface area contributed by atoms with Gasteiger partial charge in [-0.05, 0) is 98.7 Å². The van der Waals surface area contributed by atoms with E-state index < -0.39 is 98.4 Å². The molecule has 9 aliphatic rings. The van der Waals surface area contributed by atoms with Crippen molar-refractivity contribution in [3.8, 4) is 0 Å². The number of allylic oxidation sites excluding steroid dienone is 1. The quantitative estimate of drug-likeness (QED) is 0.166. The van der Waals surface area contributed by atoms with Gasteiger partial charge in [-0.2, -0.15) is 0 Å². The average Bonchev–Trinajstić information content (AvgIpc) is 3.68. The van der Waals surface area contributed by atoms with Crippen LogP contribution < -0.4 is 0 Å². The maximum absolute atomic E-state index is 11.5. The van der Waals surface area contributed by atoms with Crippen molar-refractivity contribution in [3.05, 3.63) is 11.6 Å². The van der Waals surface area contributed by atoms with E-state index in [1.165, 1.54) is 18.9 Å². The maximum Gasteiger partial charge on any atom is 0.187 e. The van der Waals surface area contributed by atoms with Crippen LogP contribution in [0.15, 0.2) is 11.6 Å². The molecular formula is C44H70O16. The van der Waals surface area contributed by atoms with E-state index >= 15 is 0 Å². The Kier molecular flexibility index (Phi) is 12.2. The molecule has 0 bridgehead atoms. The van der Waals surface area contributed by atoms with E-state index in [0.29, 0.717) is 48.3 Å². The fourth-order valence-electron chi connectivity index (χ4n) is 13.7. The first kappa shape index (κ1) is 44.3. The molecule has 16 heteroatoms. The Balaban J connectivity index is 0.932. The van der Waals surface area contributed by atoms with Gasteiger partial charge < -0.3 is 78.7 Å². The minimum atomic E-state index is -1.72. The predicted molar refractivity (Wildman–Crippen MR) is 208 cm³/mol. The first-order valence-electron chi connectivity index (χ1n) is 22.8. The molecule has 3 saturated carbocycles. The number of aliphatic hydroxyl groups excluding tert-OH is 8. The fourth-order valence-corrected chi connectivity index (χ4v) is 13.7. The summed E-state index contributed by atoms with van der Waals surface area (Å²) in [6.45, 7) is 10.9. The number of rotatable bonds is 7. The molecule has 0 aromatic heterocycles. The lowest BCUT2D eigenvalue weighted by molar-refractivity contribution is -0.390. The van der Waals surface area contributed by atoms with Gasteiger partial charge >= 0.3 is 0 Å². The summed E-state index contributed by atoms with van der Waals surface area (Å²) in [6.07, 6.45) is -9.49. The van der Waals surface area contributed by atoms with Crippen LogP contribution >= 0.6 is 0 Å². The van der Waals surface area contributed by atoms with E-state index in [1.807, 2.05) is 0 Å². The summed E-state index contributed by atoms with van der Waals surface area (Å²) in [4.78, 5) is 0. The van der Waals surface area contributed by atoms with Crippen LogP contribution in [0.5, 0.6) is 0 Å². The molecule has 5 aliphatic heterocycles. The lowest BCUT2D eigenvalue weighted by atomic mass is 9.47. The predicted octanol–water partition coefficient (Wildman–Crippen LogP) is 0.853. The Bertz CT molecular complexity index is 1560. The first-order valence-corrected chi connectivity index (χ1v) is 22.8. The van der Waals surface area contributed by atoms with Gasteiger partial charge in [-0.1, -0.05) is 39.3 Å². The molecule has 1 unspecified atom stereocenters. The standard InChI is InChI=1S/C44H70O16/c1-19-8-13-44(54-17-19)20(2)30-28(60-44)15-26-24-7-6-22-14-23(9-11-42(22,4)25(24)10-12-43(26,30)5)56-41-38(59-40-36(52)34(50)31(47)21(3)55-40)37(33(49)29(16-45)57-41)58-39-35(51)32(48)27(46)18-53-39/h6,19-21,23-41,45-52H,7-18H2,1-5H3/t19-,20-,21-,23-,24+,25-,26-,27+,28-,29+,30?,31-,32-,33+,34+,35+,36+,37-,38+,39-,40-,41+,42-,43-,44+/m0/s1. The molecule has 5 saturated heterocycles. The van der Waals surface area contributed by atoms with Gasteiger partial charge in [0.25, 0.3) is 0 Å². The second kappa shape index (κ2) is 16.5. The molecule has 25 atom stereocenters. The van der Waals surface area contributed by atoms with E-state index in [9.17, 15) is 40.9 Å². The van der Waals surface area contributed by atoms with Gasteiger partial charge in [0, 0.05) is 12.3 Å². The van der Waals surface area contributed by atoms with Crippen LogP contribution in [-0.2, 0) is 37.9 Å². The van der Waals surface area contributed by atoms with Crippen molar-refractivity contribution in [1.29, 1.82) is 0 Å². The molecule has 5 heterocycles. The van der Waals surface area contributed by atoms with Crippen LogP contribution in [0.2, 0.25) is 0 Å². The molecule has 4 aliphatic carbocycles. The van der Waals surface area contributed by atoms with E-state index in [2.05, 4.69) is 33.8 Å². The smallest absolute Gasteiger partial charge is 0.187 e. The Morgan fingerprint density at radius 1 is 0.733 bits per heavy atom. The average molecular weight is 855 g/mol. The van der Waals surface area contributed by atoms with Crippen LogP contribution in [0.25, 0.3) is 0 Å². The van der Waals surface area contributed by atoms with Crippen LogP contribution in [0.1, 0.15) is 92.4 Å². The Labute approximate surface area is 352 Å². The number of ether oxygens (including phenoxy) is 8. The normalized spacial score (nSPS) is 57.9. The molecule has 0 aromatic carbocycles. The van der Waals surface area contributed by atoms with Gasteiger partial charge in [0.2, 0.25) is 0 Å². The molecule has 0 amide bonds. The van der Waals surface area contributed by atoms with Gasteiger partial charge in [0.1, 0.15) is 61.0 Å². The maximum atomic E-state index is 11.5. The fraction of sp³-hybridized carbons (Fsp3) is 0.955. The number of fused-ring (bicyclic) bond motifs is 7.